The zero-order valence-corrected chi connectivity index (χ0v) is 9.18. The molecule has 6 heteroatoms. The van der Waals surface area contributed by atoms with Crippen LogP contribution in [0.4, 0.5) is 5.69 Å². The largest absolute Gasteiger partial charge is 0.483 e. The summed E-state index contributed by atoms with van der Waals surface area (Å²) in [6.45, 7) is 0. The smallest absolute Gasteiger partial charge is 0.311 e. The van der Waals surface area contributed by atoms with Gasteiger partial charge in [-0.05, 0) is 18.9 Å². The van der Waals surface area contributed by atoms with E-state index in [9.17, 15) is 10.1 Å². The van der Waals surface area contributed by atoms with Crippen molar-refractivity contribution in [2.24, 2.45) is 5.73 Å². The van der Waals surface area contributed by atoms with Crippen LogP contribution in [-0.4, -0.2) is 17.1 Å². The quantitative estimate of drug-likeness (QED) is 0.650. The fourth-order valence-electron chi connectivity index (χ4n) is 1.62. The summed E-state index contributed by atoms with van der Waals surface area (Å²) in [5, 5.41) is 11.2. The number of nitrogens with two attached hydrogens (primary N) is 1. The number of nitrogens with zero attached hydrogens (tertiary/aromatic N) is 1. The molecule has 1 aromatic rings. The molecule has 1 aromatic carbocycles. The lowest BCUT2D eigenvalue weighted by Crippen LogP contribution is -2.43. The molecule has 16 heavy (non-hydrogen) atoms. The summed E-state index contributed by atoms with van der Waals surface area (Å²) in [4.78, 5) is 10.3. The SMILES string of the molecule is NC1CC(Oc2cc(Cl)ccc2[N+](=O)[O-])C1. The number of hydrogen-bond acceptors (Lipinski definition) is 4. The second-order valence-electron chi connectivity index (χ2n) is 3.84. The molecule has 0 aromatic heterocycles. The Labute approximate surface area is 97.3 Å². The van der Waals surface area contributed by atoms with Crippen LogP contribution in [0.2, 0.25) is 5.02 Å². The summed E-state index contributed by atoms with van der Waals surface area (Å²) >= 11 is 5.77. The van der Waals surface area contributed by atoms with E-state index in [2.05, 4.69) is 0 Å². The van der Waals surface area contributed by atoms with Gasteiger partial charge in [0.05, 0.1) is 4.92 Å². The molecule has 1 aliphatic rings. The maximum Gasteiger partial charge on any atom is 0.311 e. The van der Waals surface area contributed by atoms with Crippen LogP contribution in [0, 0.1) is 10.1 Å². The first-order valence-corrected chi connectivity index (χ1v) is 5.30. The van der Waals surface area contributed by atoms with Gasteiger partial charge in [-0.3, -0.25) is 10.1 Å². The highest BCUT2D eigenvalue weighted by atomic mass is 35.5. The monoisotopic (exact) mass is 242 g/mol. The predicted octanol–water partition coefficient (Wildman–Crippen LogP) is 2.12. The van der Waals surface area contributed by atoms with Crippen molar-refractivity contribution < 1.29 is 9.66 Å². The molecule has 0 spiro atoms. The Bertz CT molecular complexity index is 419. The van der Waals surface area contributed by atoms with E-state index in [0.29, 0.717) is 5.02 Å². The lowest BCUT2D eigenvalue weighted by atomic mass is 9.90. The van der Waals surface area contributed by atoms with Gasteiger partial charge in [-0.25, -0.2) is 0 Å². The number of halogens is 1. The molecule has 0 radical (unpaired) electrons. The maximum atomic E-state index is 10.7. The number of hydrogen-bond donors (Lipinski definition) is 1. The average Bonchev–Trinajstić information content (AvgIpc) is 2.15. The van der Waals surface area contributed by atoms with Crippen LogP contribution in [0.15, 0.2) is 18.2 Å². The molecule has 1 saturated carbocycles. The van der Waals surface area contributed by atoms with E-state index in [1.165, 1.54) is 18.2 Å². The van der Waals surface area contributed by atoms with Crippen LogP contribution in [0.3, 0.4) is 0 Å². The Morgan fingerprint density at radius 3 is 2.75 bits per heavy atom. The minimum Gasteiger partial charge on any atom is -0.483 e. The van der Waals surface area contributed by atoms with Crippen molar-refractivity contribution in [3.8, 4) is 5.75 Å². The molecule has 0 atom stereocenters. The van der Waals surface area contributed by atoms with Crippen LogP contribution >= 0.6 is 11.6 Å². The number of ether oxygens (including phenoxy) is 1. The van der Waals surface area contributed by atoms with Gasteiger partial charge < -0.3 is 10.5 Å². The second-order valence-corrected chi connectivity index (χ2v) is 4.28. The first-order valence-electron chi connectivity index (χ1n) is 4.92. The number of rotatable bonds is 3. The van der Waals surface area contributed by atoms with Crippen molar-refractivity contribution in [3.05, 3.63) is 33.3 Å². The van der Waals surface area contributed by atoms with E-state index in [4.69, 9.17) is 22.1 Å². The Morgan fingerprint density at radius 1 is 1.50 bits per heavy atom. The van der Waals surface area contributed by atoms with Gasteiger partial charge in [0.25, 0.3) is 0 Å². The van der Waals surface area contributed by atoms with Crippen molar-refractivity contribution in [2.45, 2.75) is 25.0 Å². The van der Waals surface area contributed by atoms with Crippen LogP contribution in [0.1, 0.15) is 12.8 Å². The molecular formula is C10H11ClN2O3. The van der Waals surface area contributed by atoms with Gasteiger partial charge in [0.15, 0.2) is 5.75 Å². The van der Waals surface area contributed by atoms with Crippen LogP contribution < -0.4 is 10.5 Å². The second kappa shape index (κ2) is 4.27. The first kappa shape index (κ1) is 11.2. The van der Waals surface area contributed by atoms with Gasteiger partial charge in [0.2, 0.25) is 0 Å². The van der Waals surface area contributed by atoms with E-state index in [0.717, 1.165) is 12.8 Å². The minimum absolute atomic E-state index is 0.0350. The average molecular weight is 243 g/mol. The molecule has 5 nitrogen and oxygen atoms in total. The topological polar surface area (TPSA) is 78.4 Å². The van der Waals surface area contributed by atoms with Crippen LogP contribution in [-0.2, 0) is 0 Å². The van der Waals surface area contributed by atoms with Crippen LogP contribution in [0.5, 0.6) is 5.75 Å². The maximum absolute atomic E-state index is 10.7. The minimum atomic E-state index is -0.482. The lowest BCUT2D eigenvalue weighted by molar-refractivity contribution is -0.386. The van der Waals surface area contributed by atoms with Crippen LogP contribution in [0.25, 0.3) is 0 Å². The standard InChI is InChI=1S/C10H11ClN2O3/c11-6-1-2-9(13(14)15)10(3-6)16-8-4-7(12)5-8/h1-3,7-8H,4-5,12H2. The van der Waals surface area contributed by atoms with Gasteiger partial charge in [-0.1, -0.05) is 11.6 Å². The molecule has 0 bridgehead atoms. The Balaban J connectivity index is 2.17. The number of nitro benzene ring substituents is 1. The van der Waals surface area contributed by atoms with Gasteiger partial charge in [-0.2, -0.15) is 0 Å². The molecule has 2 rings (SSSR count). The van der Waals surface area contributed by atoms with E-state index >= 15 is 0 Å². The summed E-state index contributed by atoms with van der Waals surface area (Å²) in [5.41, 5.74) is 5.55. The number of nitro groups is 1. The Kier molecular flexibility index (Phi) is 2.98. The molecular weight excluding hydrogens is 232 g/mol. The summed E-state index contributed by atoms with van der Waals surface area (Å²) in [6.07, 6.45) is 1.42. The lowest BCUT2D eigenvalue weighted by Gasteiger charge is -2.32. The first-order chi connectivity index (χ1) is 7.56. The highest BCUT2D eigenvalue weighted by Crippen LogP contribution is 2.33. The zero-order valence-electron chi connectivity index (χ0n) is 8.43. The molecule has 86 valence electrons. The zero-order chi connectivity index (χ0) is 11.7. The molecule has 0 aliphatic heterocycles. The third kappa shape index (κ3) is 2.25. The molecule has 2 N–H and O–H groups in total. The number of benzene rings is 1. The van der Waals surface area contributed by atoms with Gasteiger partial charge >= 0.3 is 5.69 Å². The van der Waals surface area contributed by atoms with Gasteiger partial charge in [-0.15, -0.1) is 0 Å². The van der Waals surface area contributed by atoms with Crippen molar-refractivity contribution in [3.63, 3.8) is 0 Å². The molecule has 0 heterocycles. The summed E-state index contributed by atoms with van der Waals surface area (Å²) in [5.74, 6) is 0.217. The van der Waals surface area contributed by atoms with Gasteiger partial charge in [0.1, 0.15) is 6.10 Å². The van der Waals surface area contributed by atoms with Gasteiger partial charge in [0, 0.05) is 23.2 Å². The van der Waals surface area contributed by atoms with E-state index in [-0.39, 0.29) is 23.6 Å². The van der Waals surface area contributed by atoms with E-state index < -0.39 is 4.92 Å². The molecule has 0 unspecified atom stereocenters. The third-order valence-electron chi connectivity index (χ3n) is 2.54. The Morgan fingerprint density at radius 2 is 2.19 bits per heavy atom. The van der Waals surface area contributed by atoms with Crippen molar-refractivity contribution in [1.82, 2.24) is 0 Å². The summed E-state index contributed by atoms with van der Waals surface area (Å²) < 4.78 is 5.49. The van der Waals surface area contributed by atoms with Crippen molar-refractivity contribution in [1.29, 1.82) is 0 Å². The predicted molar refractivity (Wildman–Crippen MR) is 59.7 cm³/mol. The van der Waals surface area contributed by atoms with Crippen molar-refractivity contribution >= 4 is 17.3 Å². The molecule has 1 aliphatic carbocycles. The summed E-state index contributed by atoms with van der Waals surface area (Å²) in [7, 11) is 0. The van der Waals surface area contributed by atoms with E-state index in [1.807, 2.05) is 0 Å². The fraction of sp³-hybridized carbons (Fsp3) is 0.400. The normalized spacial score (nSPS) is 23.6. The fourth-order valence-corrected chi connectivity index (χ4v) is 1.78. The molecule has 0 amide bonds. The summed E-state index contributed by atoms with van der Waals surface area (Å²) in [6, 6.07) is 4.42. The Hall–Kier alpha value is -1.33. The van der Waals surface area contributed by atoms with E-state index in [1.54, 1.807) is 0 Å². The molecule has 1 fully saturated rings. The highest BCUT2D eigenvalue weighted by Gasteiger charge is 2.29. The van der Waals surface area contributed by atoms with Crippen molar-refractivity contribution in [2.75, 3.05) is 0 Å². The highest BCUT2D eigenvalue weighted by molar-refractivity contribution is 6.30. The molecule has 0 saturated heterocycles. The third-order valence-corrected chi connectivity index (χ3v) is 2.78.